The van der Waals surface area contributed by atoms with Crippen molar-refractivity contribution >= 4 is 34.7 Å². The number of anilines is 2. The molecule has 1 unspecified atom stereocenters. The number of H-pyrrole nitrogens is 1. The molecule has 0 saturated carbocycles. The van der Waals surface area contributed by atoms with E-state index in [1.807, 2.05) is 25.1 Å². The smallest absolute Gasteiger partial charge is 0.241 e. The van der Waals surface area contributed by atoms with Crippen molar-refractivity contribution in [3.8, 4) is 11.3 Å². The summed E-state index contributed by atoms with van der Waals surface area (Å²) in [6.07, 6.45) is 4.19. The second-order valence-electron chi connectivity index (χ2n) is 8.82. The highest BCUT2D eigenvalue weighted by atomic mass is 19.1. The number of hydrogen-bond acceptors (Lipinski definition) is 9. The summed E-state index contributed by atoms with van der Waals surface area (Å²) in [5.41, 5.74) is 8.07. The van der Waals surface area contributed by atoms with Crippen molar-refractivity contribution < 1.29 is 13.9 Å². The highest BCUT2D eigenvalue weighted by Gasteiger charge is 2.25. The Morgan fingerprint density at radius 3 is 2.76 bits per heavy atom. The minimum Gasteiger partial charge on any atom is -0.481 e. The van der Waals surface area contributed by atoms with Gasteiger partial charge in [0.25, 0.3) is 0 Å². The molecule has 1 aliphatic heterocycles. The van der Waals surface area contributed by atoms with Crippen LogP contribution >= 0.6 is 0 Å². The number of methoxy groups -OCH3 is 1. The first-order valence-corrected chi connectivity index (χ1v) is 11.9. The molecule has 1 atom stereocenters. The van der Waals surface area contributed by atoms with Gasteiger partial charge in [-0.1, -0.05) is 12.1 Å². The van der Waals surface area contributed by atoms with Crippen LogP contribution in [-0.2, 0) is 9.53 Å². The Morgan fingerprint density at radius 2 is 2.05 bits per heavy atom. The average molecular weight is 510 g/mol. The second kappa shape index (κ2) is 11.4. The summed E-state index contributed by atoms with van der Waals surface area (Å²) in [5.74, 6) is -0.496. The second-order valence-corrected chi connectivity index (χ2v) is 8.82. The lowest BCUT2D eigenvalue weighted by Gasteiger charge is -2.35. The zero-order chi connectivity index (χ0) is 26.5. The van der Waals surface area contributed by atoms with Gasteiger partial charge in [-0.3, -0.25) is 14.7 Å². The summed E-state index contributed by atoms with van der Waals surface area (Å²) in [6, 6.07) is 5.19. The van der Waals surface area contributed by atoms with Crippen LogP contribution < -0.4 is 16.4 Å². The number of carbonyl (C=O) groups is 1. The quantitative estimate of drug-likeness (QED) is 0.268. The van der Waals surface area contributed by atoms with E-state index in [0.29, 0.717) is 27.9 Å². The van der Waals surface area contributed by atoms with E-state index in [2.05, 4.69) is 47.4 Å². The first-order valence-electron chi connectivity index (χ1n) is 11.9. The number of carbonyl (C=O) groups excluding carboxylic acids is 1. The van der Waals surface area contributed by atoms with Crippen LogP contribution in [0.15, 0.2) is 47.2 Å². The van der Waals surface area contributed by atoms with Gasteiger partial charge in [-0.15, -0.1) is 0 Å². The fraction of sp³-hybridized carbons (Fsp3) is 0.360. The molecule has 0 aliphatic carbocycles. The number of aromatic amines is 1. The number of ether oxygens (including phenoxy) is 1. The third-order valence-electron chi connectivity index (χ3n) is 6.43. The summed E-state index contributed by atoms with van der Waals surface area (Å²) in [7, 11) is 5.08. The van der Waals surface area contributed by atoms with E-state index in [1.165, 1.54) is 13.3 Å². The summed E-state index contributed by atoms with van der Waals surface area (Å²) < 4.78 is 19.9. The lowest BCUT2D eigenvalue weighted by Crippen LogP contribution is -2.51. The van der Waals surface area contributed by atoms with Crippen LogP contribution in [0.1, 0.15) is 6.92 Å². The maximum absolute atomic E-state index is 14.9. The maximum Gasteiger partial charge on any atom is 0.241 e. The van der Waals surface area contributed by atoms with Crippen molar-refractivity contribution in [2.45, 2.75) is 13.0 Å². The van der Waals surface area contributed by atoms with Crippen LogP contribution in [-0.4, -0.2) is 90.3 Å². The van der Waals surface area contributed by atoms with Crippen LogP contribution in [0.25, 0.3) is 22.2 Å². The summed E-state index contributed by atoms with van der Waals surface area (Å²) in [4.78, 5) is 32.9. The largest absolute Gasteiger partial charge is 0.481 e. The molecule has 11 nitrogen and oxygen atoms in total. The minimum atomic E-state index is -0.598. The number of nitrogens with one attached hydrogen (secondary N) is 3. The van der Waals surface area contributed by atoms with E-state index in [1.54, 1.807) is 13.2 Å². The number of rotatable bonds is 8. The third-order valence-corrected chi connectivity index (χ3v) is 6.43. The molecule has 196 valence electrons. The van der Waals surface area contributed by atoms with Crippen molar-refractivity contribution in [1.82, 2.24) is 24.8 Å². The van der Waals surface area contributed by atoms with Crippen LogP contribution in [0, 0.1) is 5.82 Å². The lowest BCUT2D eigenvalue weighted by atomic mass is 10.1. The van der Waals surface area contributed by atoms with E-state index in [-0.39, 0.29) is 29.5 Å². The van der Waals surface area contributed by atoms with Crippen molar-refractivity contribution in [3.63, 3.8) is 0 Å². The van der Waals surface area contributed by atoms with E-state index >= 15 is 0 Å². The van der Waals surface area contributed by atoms with Gasteiger partial charge in [0.2, 0.25) is 17.7 Å². The Morgan fingerprint density at radius 1 is 1.30 bits per heavy atom. The number of fused-ring (bicyclic) bond motifs is 1. The Kier molecular flexibility index (Phi) is 7.99. The summed E-state index contributed by atoms with van der Waals surface area (Å²) in [6.45, 7) is 5.43. The Balaban J connectivity index is 1.61. The topological polar surface area (TPSA) is 137 Å². The van der Waals surface area contributed by atoms with Crippen molar-refractivity contribution in [2.75, 3.05) is 58.0 Å². The van der Waals surface area contributed by atoms with Gasteiger partial charge in [-0.2, -0.15) is 0 Å². The number of likely N-dealkylation sites (N-methyl/N-ethyl adjacent to an activating group) is 1. The fourth-order valence-corrected chi connectivity index (χ4v) is 4.20. The number of hydrogen-bond donors (Lipinski definition) is 4. The lowest BCUT2D eigenvalue weighted by molar-refractivity contribution is -0.121. The molecule has 5 N–H and O–H groups in total. The standard InChI is InChI=1S/C25H32FN9O2/c1-15(35-10-8-34(3)9-11-35)24(36)31-19-7-5-6-16-17(12-29-22(16)19)21-18(26)13-30-25(33-21)32-20(14-28-2)23(27)37-4/h5-7,12-15,29H,8-11,27H2,1-4H3,(H,31,36)(H,30,32,33). The van der Waals surface area contributed by atoms with Crippen LogP contribution in [0.5, 0.6) is 0 Å². The zero-order valence-electron chi connectivity index (χ0n) is 21.4. The number of aromatic nitrogens is 3. The number of nitrogens with zero attached hydrogens (tertiary/aromatic N) is 5. The molecule has 0 radical (unpaired) electrons. The molecule has 1 saturated heterocycles. The Hall–Kier alpha value is -4.03. The van der Waals surface area contributed by atoms with Gasteiger partial charge >= 0.3 is 0 Å². The third kappa shape index (κ3) is 5.70. The van der Waals surface area contributed by atoms with Crippen molar-refractivity contribution in [3.05, 3.63) is 48.0 Å². The number of para-hydroxylation sites is 1. The van der Waals surface area contributed by atoms with Crippen molar-refractivity contribution in [1.29, 1.82) is 0 Å². The molecule has 1 aliphatic rings. The average Bonchev–Trinajstić information content (AvgIpc) is 3.34. The first kappa shape index (κ1) is 26.0. The molecule has 37 heavy (non-hydrogen) atoms. The maximum atomic E-state index is 14.9. The monoisotopic (exact) mass is 509 g/mol. The van der Waals surface area contributed by atoms with Crippen LogP contribution in [0.4, 0.5) is 16.0 Å². The van der Waals surface area contributed by atoms with Gasteiger partial charge < -0.3 is 31.0 Å². The Labute approximate surface area is 214 Å². The normalized spacial score (nSPS) is 16.6. The fourth-order valence-electron chi connectivity index (χ4n) is 4.20. The van der Waals surface area contributed by atoms with E-state index in [0.717, 1.165) is 32.4 Å². The first-order chi connectivity index (χ1) is 17.8. The van der Waals surface area contributed by atoms with Crippen LogP contribution in [0.3, 0.4) is 0 Å². The van der Waals surface area contributed by atoms with Gasteiger partial charge in [0.1, 0.15) is 11.4 Å². The summed E-state index contributed by atoms with van der Waals surface area (Å²) in [5, 5.41) is 6.64. The predicted molar refractivity (Wildman–Crippen MR) is 143 cm³/mol. The molecule has 4 rings (SSSR count). The predicted octanol–water partition coefficient (Wildman–Crippen LogP) is 2.23. The van der Waals surface area contributed by atoms with Crippen LogP contribution in [0.2, 0.25) is 0 Å². The number of amides is 1. The minimum absolute atomic E-state index is 0.0818. The summed E-state index contributed by atoms with van der Waals surface area (Å²) >= 11 is 0. The molecule has 3 aromatic rings. The number of nitrogens with two attached hydrogens (primary N) is 1. The molecule has 1 aromatic carbocycles. The number of halogens is 1. The molecule has 0 spiro atoms. The molecular weight excluding hydrogens is 477 g/mol. The van der Waals surface area contributed by atoms with Gasteiger partial charge in [0.05, 0.1) is 30.6 Å². The molecule has 12 heteroatoms. The number of aliphatic imine (C=N–C) groups is 1. The number of piperazine rings is 1. The Bertz CT molecular complexity index is 1330. The molecule has 1 amide bonds. The number of allylic oxidation sites excluding steroid dienone is 1. The zero-order valence-corrected chi connectivity index (χ0v) is 21.4. The van der Waals surface area contributed by atoms with E-state index < -0.39 is 5.82 Å². The molecule has 0 bridgehead atoms. The van der Waals surface area contributed by atoms with E-state index in [4.69, 9.17) is 10.5 Å². The SMILES string of the molecule is CN=CC(Nc1ncc(F)c(-c2c[nH]c3c(NC(=O)C(C)N4CCN(C)CC4)cccc23)n1)=C(N)OC. The van der Waals surface area contributed by atoms with Gasteiger partial charge in [-0.25, -0.2) is 14.4 Å². The van der Waals surface area contributed by atoms with Gasteiger partial charge in [0, 0.05) is 56.6 Å². The van der Waals surface area contributed by atoms with Gasteiger partial charge in [0.15, 0.2) is 5.82 Å². The molecular formula is C25H32FN9O2. The molecule has 3 heterocycles. The van der Waals surface area contributed by atoms with Crippen molar-refractivity contribution in [2.24, 2.45) is 10.7 Å². The van der Waals surface area contributed by atoms with E-state index in [9.17, 15) is 9.18 Å². The molecule has 2 aromatic heterocycles. The highest BCUT2D eigenvalue weighted by Crippen LogP contribution is 2.33. The highest BCUT2D eigenvalue weighted by molar-refractivity contribution is 6.06. The van der Waals surface area contributed by atoms with Gasteiger partial charge in [-0.05, 0) is 20.0 Å². The number of benzene rings is 1. The molecule has 1 fully saturated rings.